The lowest BCUT2D eigenvalue weighted by molar-refractivity contribution is -0.121. The van der Waals surface area contributed by atoms with Gasteiger partial charge in [0, 0.05) is 25.4 Å². The van der Waals surface area contributed by atoms with Crippen molar-refractivity contribution in [3.05, 3.63) is 41.5 Å². The van der Waals surface area contributed by atoms with E-state index in [0.29, 0.717) is 25.4 Å². The summed E-state index contributed by atoms with van der Waals surface area (Å²) in [5.74, 6) is 0.812. The Bertz CT molecular complexity index is 741. The van der Waals surface area contributed by atoms with Gasteiger partial charge >= 0.3 is 0 Å². The predicted molar refractivity (Wildman–Crippen MR) is 105 cm³/mol. The maximum absolute atomic E-state index is 12.9. The van der Waals surface area contributed by atoms with Gasteiger partial charge in [0.25, 0.3) is 0 Å². The maximum atomic E-state index is 12.9. The van der Waals surface area contributed by atoms with Crippen molar-refractivity contribution in [1.82, 2.24) is 20.1 Å². The Morgan fingerprint density at radius 3 is 2.67 bits per heavy atom. The molecule has 0 bridgehead atoms. The molecular weight excluding hydrogens is 363 g/mol. The summed E-state index contributed by atoms with van der Waals surface area (Å²) in [4.78, 5) is 12.0. The van der Waals surface area contributed by atoms with Crippen LogP contribution in [0.25, 0.3) is 0 Å². The van der Waals surface area contributed by atoms with Crippen molar-refractivity contribution >= 4 is 17.7 Å². The quantitative estimate of drug-likeness (QED) is 0.520. The number of thioether (sulfide) groups is 1. The van der Waals surface area contributed by atoms with Gasteiger partial charge in [-0.15, -0.1) is 10.2 Å². The van der Waals surface area contributed by atoms with Crippen LogP contribution in [0.2, 0.25) is 0 Å². The molecule has 1 amide bonds. The monoisotopic (exact) mass is 390 g/mol. The highest BCUT2D eigenvalue weighted by atomic mass is 32.2. The van der Waals surface area contributed by atoms with Crippen molar-refractivity contribution in [2.75, 3.05) is 12.8 Å². The van der Waals surface area contributed by atoms with E-state index in [4.69, 9.17) is 0 Å². The van der Waals surface area contributed by atoms with E-state index in [-0.39, 0.29) is 11.7 Å². The average Bonchev–Trinajstić information content (AvgIpc) is 3.33. The number of benzene rings is 1. The van der Waals surface area contributed by atoms with E-state index in [1.807, 2.05) is 6.26 Å². The fourth-order valence-corrected chi connectivity index (χ4v) is 4.19. The van der Waals surface area contributed by atoms with Crippen LogP contribution >= 0.6 is 11.8 Å². The van der Waals surface area contributed by atoms with Gasteiger partial charge in [-0.25, -0.2) is 4.39 Å². The van der Waals surface area contributed by atoms with Crippen LogP contribution in [-0.2, 0) is 17.6 Å². The summed E-state index contributed by atoms with van der Waals surface area (Å²) < 4.78 is 15.2. The van der Waals surface area contributed by atoms with Gasteiger partial charge in [-0.3, -0.25) is 4.79 Å². The first kappa shape index (κ1) is 19.9. The number of hydrogen-bond acceptors (Lipinski definition) is 4. The number of nitrogens with zero attached hydrogens (tertiary/aromatic N) is 3. The van der Waals surface area contributed by atoms with Crippen molar-refractivity contribution < 1.29 is 9.18 Å². The third kappa shape index (κ3) is 5.54. The molecule has 0 saturated heterocycles. The summed E-state index contributed by atoms with van der Waals surface area (Å²) in [5, 5.41) is 12.7. The molecule has 1 fully saturated rings. The lowest BCUT2D eigenvalue weighted by atomic mass is 10.1. The van der Waals surface area contributed by atoms with Crippen LogP contribution in [0.15, 0.2) is 29.4 Å². The SMILES string of the molecule is CSc1nnc(CCCNC(=O)CCc2ccc(F)cc2)n1C1CCCC1. The van der Waals surface area contributed by atoms with Crippen molar-refractivity contribution in [1.29, 1.82) is 0 Å². The predicted octanol–water partition coefficient (Wildman–Crippen LogP) is 3.94. The number of hydrogen-bond donors (Lipinski definition) is 1. The fraction of sp³-hybridized carbons (Fsp3) is 0.550. The van der Waals surface area contributed by atoms with Crippen LogP contribution in [0.4, 0.5) is 4.39 Å². The van der Waals surface area contributed by atoms with Gasteiger partial charge in [0.15, 0.2) is 5.16 Å². The maximum Gasteiger partial charge on any atom is 0.220 e. The van der Waals surface area contributed by atoms with Crippen molar-refractivity contribution in [3.63, 3.8) is 0 Å². The molecule has 0 atom stereocenters. The number of halogens is 1. The highest BCUT2D eigenvalue weighted by Crippen LogP contribution is 2.33. The van der Waals surface area contributed by atoms with E-state index in [0.717, 1.165) is 29.4 Å². The lowest BCUT2D eigenvalue weighted by Crippen LogP contribution is -2.25. The average molecular weight is 391 g/mol. The first-order valence-electron chi connectivity index (χ1n) is 9.66. The third-order valence-corrected chi connectivity index (χ3v) is 5.70. The van der Waals surface area contributed by atoms with Crippen LogP contribution < -0.4 is 5.32 Å². The van der Waals surface area contributed by atoms with Crippen molar-refractivity contribution in [3.8, 4) is 0 Å². The number of amides is 1. The van der Waals surface area contributed by atoms with Gasteiger partial charge < -0.3 is 9.88 Å². The third-order valence-electron chi connectivity index (χ3n) is 5.06. The molecule has 7 heteroatoms. The number of aromatic nitrogens is 3. The van der Waals surface area contributed by atoms with Crippen molar-refractivity contribution in [2.45, 2.75) is 62.6 Å². The van der Waals surface area contributed by atoms with Crippen LogP contribution in [0.3, 0.4) is 0 Å². The summed E-state index contributed by atoms with van der Waals surface area (Å²) in [6.07, 6.45) is 9.72. The number of aryl methyl sites for hydroxylation is 2. The molecule has 1 aliphatic rings. The largest absolute Gasteiger partial charge is 0.356 e. The van der Waals surface area contributed by atoms with Crippen LogP contribution in [0.5, 0.6) is 0 Å². The first-order chi connectivity index (χ1) is 13.2. The summed E-state index contributed by atoms with van der Waals surface area (Å²) in [6, 6.07) is 6.83. The van der Waals surface area contributed by atoms with Gasteiger partial charge in [-0.1, -0.05) is 36.7 Å². The Morgan fingerprint density at radius 2 is 1.96 bits per heavy atom. The van der Waals surface area contributed by atoms with Gasteiger partial charge in [0.1, 0.15) is 11.6 Å². The van der Waals surface area contributed by atoms with E-state index < -0.39 is 0 Å². The van der Waals surface area contributed by atoms with E-state index in [1.54, 1.807) is 23.9 Å². The molecular formula is C20H27FN4OS. The van der Waals surface area contributed by atoms with Crippen molar-refractivity contribution in [2.24, 2.45) is 0 Å². The second-order valence-corrected chi connectivity index (χ2v) is 7.76. The second kappa shape index (κ2) is 9.88. The summed E-state index contributed by atoms with van der Waals surface area (Å²) in [5.41, 5.74) is 0.973. The zero-order valence-corrected chi connectivity index (χ0v) is 16.6. The molecule has 1 aromatic heterocycles. The number of carbonyl (C=O) groups is 1. The van der Waals surface area contributed by atoms with E-state index in [9.17, 15) is 9.18 Å². The number of carbonyl (C=O) groups excluding carboxylic acids is 1. The van der Waals surface area contributed by atoms with Crippen LogP contribution in [0, 0.1) is 5.82 Å². The second-order valence-electron chi connectivity index (χ2n) is 6.99. The van der Waals surface area contributed by atoms with Crippen LogP contribution in [0.1, 0.15) is 56.0 Å². The minimum absolute atomic E-state index is 0.0291. The van der Waals surface area contributed by atoms with Crippen LogP contribution in [-0.4, -0.2) is 33.5 Å². The minimum Gasteiger partial charge on any atom is -0.356 e. The Morgan fingerprint density at radius 1 is 1.22 bits per heavy atom. The molecule has 146 valence electrons. The summed E-state index contributed by atoms with van der Waals surface area (Å²) >= 11 is 1.65. The van der Waals surface area contributed by atoms with E-state index in [2.05, 4.69) is 20.1 Å². The highest BCUT2D eigenvalue weighted by Gasteiger charge is 2.23. The highest BCUT2D eigenvalue weighted by molar-refractivity contribution is 7.98. The van der Waals surface area contributed by atoms with Gasteiger partial charge in [0.2, 0.25) is 5.91 Å². The lowest BCUT2D eigenvalue weighted by Gasteiger charge is -2.16. The summed E-state index contributed by atoms with van der Waals surface area (Å²) in [7, 11) is 0. The normalized spacial score (nSPS) is 14.6. The Labute approximate surface area is 164 Å². The molecule has 27 heavy (non-hydrogen) atoms. The van der Waals surface area contributed by atoms with Gasteiger partial charge in [-0.05, 0) is 49.6 Å². The smallest absolute Gasteiger partial charge is 0.220 e. The summed E-state index contributed by atoms with van der Waals surface area (Å²) in [6.45, 7) is 0.633. The molecule has 1 aliphatic carbocycles. The molecule has 0 radical (unpaired) electrons. The number of rotatable bonds is 9. The van der Waals surface area contributed by atoms with E-state index in [1.165, 1.54) is 37.8 Å². The van der Waals surface area contributed by atoms with E-state index >= 15 is 0 Å². The van der Waals surface area contributed by atoms with Gasteiger partial charge in [-0.2, -0.15) is 0 Å². The molecule has 1 N–H and O–H groups in total. The molecule has 1 saturated carbocycles. The molecule has 2 aromatic rings. The first-order valence-corrected chi connectivity index (χ1v) is 10.9. The topological polar surface area (TPSA) is 59.8 Å². The Hall–Kier alpha value is -1.89. The molecule has 1 heterocycles. The zero-order chi connectivity index (χ0) is 19.1. The molecule has 0 spiro atoms. The molecule has 3 rings (SSSR count). The standard InChI is InChI=1S/C20H27FN4OS/c1-27-20-24-23-18(25(20)17-5-2-3-6-17)7-4-14-22-19(26)13-10-15-8-11-16(21)12-9-15/h8-9,11-12,17H,2-7,10,13-14H2,1H3,(H,22,26). The Balaban J connectivity index is 1.41. The molecule has 0 unspecified atom stereocenters. The fourth-order valence-electron chi connectivity index (χ4n) is 3.62. The molecule has 5 nitrogen and oxygen atoms in total. The van der Waals surface area contributed by atoms with Gasteiger partial charge in [0.05, 0.1) is 0 Å². The molecule has 1 aromatic carbocycles. The molecule has 0 aliphatic heterocycles. The number of nitrogens with one attached hydrogen (secondary N) is 1. The zero-order valence-electron chi connectivity index (χ0n) is 15.8. The Kier molecular flexibility index (Phi) is 7.26. The minimum atomic E-state index is -0.252.